The third-order valence-electron chi connectivity index (χ3n) is 11.7. The predicted octanol–water partition coefficient (Wildman–Crippen LogP) is 19.5. The molecule has 390 valence electrons. The van der Waals surface area contributed by atoms with E-state index in [-0.39, 0.29) is 65.4 Å². The van der Waals surface area contributed by atoms with Crippen molar-refractivity contribution in [2.24, 2.45) is 0 Å². The van der Waals surface area contributed by atoms with Crippen molar-refractivity contribution in [3.05, 3.63) is 297 Å². The molecule has 0 unspecified atom stereocenters. The summed E-state index contributed by atoms with van der Waals surface area (Å²) in [4.78, 5) is 0. The van der Waals surface area contributed by atoms with Crippen LogP contribution in [-0.4, -0.2) is 13.2 Å². The number of hydrogen-bond acceptors (Lipinski definition) is 3. The van der Waals surface area contributed by atoms with E-state index < -0.39 is 0 Å². The average molecular weight is 1170 g/mol. The van der Waals surface area contributed by atoms with Gasteiger partial charge in [0.2, 0.25) is 0 Å². The molecule has 77 heavy (non-hydrogen) atoms. The molecule has 10 rings (SSSR count). The first-order valence-electron chi connectivity index (χ1n) is 25.8. The second-order valence-corrected chi connectivity index (χ2v) is 19.3. The van der Waals surface area contributed by atoms with Crippen molar-refractivity contribution in [3.63, 3.8) is 0 Å². The number of benzene rings is 10. The van der Waals surface area contributed by atoms with Crippen LogP contribution in [0, 0.1) is 95.2 Å². The quantitative estimate of drug-likeness (QED) is 0.112. The fourth-order valence-corrected chi connectivity index (χ4v) is 7.23. The van der Waals surface area contributed by atoms with Gasteiger partial charge in [0.1, 0.15) is 24.7 Å². The Morgan fingerprint density at radius 1 is 0.273 bits per heavy atom. The third-order valence-corrected chi connectivity index (χ3v) is 11.7. The SMILES string of the molecule is Cc1c[c-]c(OCCOc2[c-]cc(C)cc2)cc1.Cc1ccc(-c2ccc(C)cc2)cc1.Cc1ccc(C)cc1.Cc1ccc(Oc2ccc(C)cc2)cc1.Cc1ccc2cc(C)ccc2c1.Cc1cccc(C)c1.[Y].[Y]. The van der Waals surface area contributed by atoms with Gasteiger partial charge in [-0.1, -0.05) is 227 Å². The van der Waals surface area contributed by atoms with E-state index in [0.717, 1.165) is 23.0 Å². The molecule has 0 N–H and O–H groups in total. The van der Waals surface area contributed by atoms with Gasteiger partial charge in [-0.2, -0.15) is 35.4 Å². The Morgan fingerprint density at radius 3 is 0.831 bits per heavy atom. The Balaban J connectivity index is 0.000000247. The second kappa shape index (κ2) is 35.5. The summed E-state index contributed by atoms with van der Waals surface area (Å²) >= 11 is 0. The van der Waals surface area contributed by atoms with Crippen LogP contribution in [0.1, 0.15) is 66.8 Å². The van der Waals surface area contributed by atoms with Gasteiger partial charge in [-0.25, -0.2) is 0 Å². The summed E-state index contributed by atoms with van der Waals surface area (Å²) in [5, 5.41) is 2.67. The van der Waals surface area contributed by atoms with Crippen LogP contribution < -0.4 is 14.2 Å². The number of fused-ring (bicyclic) bond motifs is 1. The largest absolute Gasteiger partial charge is 0.516 e. The minimum atomic E-state index is 0. The first kappa shape index (κ1) is 65.4. The van der Waals surface area contributed by atoms with Gasteiger partial charge in [0.05, 0.1) is 0 Å². The average Bonchev–Trinajstić information content (AvgIpc) is 3.40. The van der Waals surface area contributed by atoms with Gasteiger partial charge in [0.15, 0.2) is 0 Å². The summed E-state index contributed by atoms with van der Waals surface area (Å²) in [5.74, 6) is 3.25. The fraction of sp³-hybridized carbons (Fsp3) is 0.194. The molecule has 0 bridgehead atoms. The topological polar surface area (TPSA) is 27.7 Å². The molecule has 0 fully saturated rings. The van der Waals surface area contributed by atoms with Crippen molar-refractivity contribution >= 4 is 10.8 Å². The van der Waals surface area contributed by atoms with Crippen LogP contribution in [0.2, 0.25) is 0 Å². The van der Waals surface area contributed by atoms with E-state index in [1.165, 1.54) is 88.7 Å². The molecule has 2 radical (unpaired) electrons. The van der Waals surface area contributed by atoms with E-state index in [0.29, 0.717) is 13.2 Å². The molecular formula is C72H76O3Y2-2. The van der Waals surface area contributed by atoms with E-state index in [4.69, 9.17) is 14.2 Å². The van der Waals surface area contributed by atoms with E-state index in [9.17, 15) is 0 Å². The first-order valence-corrected chi connectivity index (χ1v) is 25.8. The molecule has 0 aliphatic rings. The van der Waals surface area contributed by atoms with Gasteiger partial charge in [0, 0.05) is 76.9 Å². The minimum Gasteiger partial charge on any atom is -0.516 e. The minimum absolute atomic E-state index is 0. The Hall–Kier alpha value is -5.93. The zero-order valence-corrected chi connectivity index (χ0v) is 53.3. The normalized spacial score (nSPS) is 9.71. The van der Waals surface area contributed by atoms with E-state index in [1.807, 2.05) is 98.8 Å². The second-order valence-electron chi connectivity index (χ2n) is 19.3. The van der Waals surface area contributed by atoms with Crippen molar-refractivity contribution in [2.75, 3.05) is 13.2 Å². The zero-order chi connectivity index (χ0) is 54.0. The smallest absolute Gasteiger partial charge is 0.127 e. The molecule has 5 heteroatoms. The molecule has 0 spiro atoms. The van der Waals surface area contributed by atoms with Gasteiger partial charge < -0.3 is 14.2 Å². The third kappa shape index (κ3) is 26.3. The molecule has 3 nitrogen and oxygen atoms in total. The van der Waals surface area contributed by atoms with Crippen molar-refractivity contribution in [3.8, 4) is 34.1 Å². The first-order chi connectivity index (χ1) is 36.1. The van der Waals surface area contributed by atoms with Gasteiger partial charge in [-0.3, -0.25) is 0 Å². The fourth-order valence-electron chi connectivity index (χ4n) is 7.23. The molecule has 0 aliphatic heterocycles. The standard InChI is InChI=1S/C16H16O2.C14H14O.C14H14.C12H12.2C8H10.2Y/c1-13-3-7-15(8-4-13)17-11-12-18-16-9-5-14(2)6-10-16;1-11-3-7-13(8-4-11)15-14-9-5-12(2)6-10-14;1-11-3-7-13(8-4-11)14-9-5-12(2)6-10-14;1-9-3-5-12-8-10(2)4-6-11(12)7-9;1-7-3-5-8(2)6-4-7;1-7-4-3-5-8(2)6-7;;/h3-7,9H,11-12H2,1-2H3;3-10H,1-2H3;3-10H,1-2H3;3-8H,1-2H3;2*3-6H,1-2H3;;/q-2;;;;;;;. The van der Waals surface area contributed by atoms with Crippen molar-refractivity contribution in [1.29, 1.82) is 0 Å². The number of aryl methyl sites for hydroxylation is 12. The molecule has 0 heterocycles. The van der Waals surface area contributed by atoms with Crippen LogP contribution in [0.4, 0.5) is 0 Å². The summed E-state index contributed by atoms with van der Waals surface area (Å²) in [7, 11) is 0. The maximum atomic E-state index is 5.69. The Morgan fingerprint density at radius 2 is 0.545 bits per heavy atom. The summed E-state index contributed by atoms with van der Waals surface area (Å²) in [5.41, 5.74) is 18.0. The van der Waals surface area contributed by atoms with Crippen LogP contribution in [0.5, 0.6) is 23.0 Å². The number of hydrogen-bond donors (Lipinski definition) is 0. The maximum absolute atomic E-state index is 5.69. The molecule has 0 saturated carbocycles. The van der Waals surface area contributed by atoms with Gasteiger partial charge >= 0.3 is 0 Å². The van der Waals surface area contributed by atoms with Crippen molar-refractivity contribution in [2.45, 2.75) is 83.1 Å². The van der Waals surface area contributed by atoms with Crippen LogP contribution in [0.15, 0.2) is 218 Å². The van der Waals surface area contributed by atoms with Gasteiger partial charge in [0.25, 0.3) is 0 Å². The summed E-state index contributed by atoms with van der Waals surface area (Å²) < 4.78 is 16.7. The molecule has 0 saturated heterocycles. The van der Waals surface area contributed by atoms with Crippen LogP contribution in [0.25, 0.3) is 21.9 Å². The van der Waals surface area contributed by atoms with Crippen molar-refractivity contribution in [1.82, 2.24) is 0 Å². The van der Waals surface area contributed by atoms with Crippen molar-refractivity contribution < 1.29 is 79.6 Å². The summed E-state index contributed by atoms with van der Waals surface area (Å²) in [6, 6.07) is 81.1. The van der Waals surface area contributed by atoms with E-state index in [1.54, 1.807) is 0 Å². The van der Waals surface area contributed by atoms with Crippen LogP contribution in [-0.2, 0) is 65.4 Å². The molecule has 10 aromatic rings. The molecular weight excluding hydrogens is 1090 g/mol. The monoisotopic (exact) mass is 1170 g/mol. The molecule has 0 aliphatic carbocycles. The summed E-state index contributed by atoms with van der Waals surface area (Å²) in [6.07, 6.45) is 0. The van der Waals surface area contributed by atoms with Gasteiger partial charge in [-0.15, -0.1) is 24.3 Å². The summed E-state index contributed by atoms with van der Waals surface area (Å²) in [6.45, 7) is 26.1. The van der Waals surface area contributed by atoms with Gasteiger partial charge in [-0.05, 0) is 115 Å². The molecule has 0 amide bonds. The molecule has 10 aromatic carbocycles. The number of ether oxygens (including phenoxy) is 3. The zero-order valence-electron chi connectivity index (χ0n) is 47.6. The van der Waals surface area contributed by atoms with Crippen LogP contribution >= 0.6 is 0 Å². The molecule has 0 aromatic heterocycles. The van der Waals surface area contributed by atoms with Crippen LogP contribution in [0.3, 0.4) is 0 Å². The maximum Gasteiger partial charge on any atom is 0.127 e. The van der Waals surface area contributed by atoms with E-state index in [2.05, 4.69) is 215 Å². The Labute approximate surface area is 513 Å². The predicted molar refractivity (Wildman–Crippen MR) is 320 cm³/mol. The Kier molecular flexibility index (Phi) is 30.1. The Bertz CT molecular complexity index is 2970. The molecule has 0 atom stereocenters. The van der Waals surface area contributed by atoms with E-state index >= 15 is 0 Å². The number of rotatable bonds is 8.